The van der Waals surface area contributed by atoms with Crippen molar-refractivity contribution in [2.75, 3.05) is 12.8 Å². The molecule has 12 heteroatoms. The monoisotopic (exact) mass is 442 g/mol. The van der Waals surface area contributed by atoms with Gasteiger partial charge in [-0.25, -0.2) is 22.0 Å². The molecule has 0 spiro atoms. The SMILES string of the molecule is C#CCn1c(=NC(=O)C2CCCN2S(C)(=O)=O)sc2cc(S(N)(=O)=O)ccc21. The van der Waals surface area contributed by atoms with Crippen molar-refractivity contribution in [3.63, 3.8) is 0 Å². The number of amides is 1. The first-order chi connectivity index (χ1) is 13.0. The second kappa shape index (κ2) is 7.41. The van der Waals surface area contributed by atoms with E-state index in [1.807, 2.05) is 0 Å². The van der Waals surface area contributed by atoms with Gasteiger partial charge in [0, 0.05) is 6.54 Å². The van der Waals surface area contributed by atoms with E-state index in [1.165, 1.54) is 12.1 Å². The summed E-state index contributed by atoms with van der Waals surface area (Å²) in [4.78, 5) is 17.0. The highest BCUT2D eigenvalue weighted by molar-refractivity contribution is 7.89. The van der Waals surface area contributed by atoms with Gasteiger partial charge in [0.15, 0.2) is 4.80 Å². The molecule has 1 unspecified atom stereocenters. The number of nitrogens with zero attached hydrogens (tertiary/aromatic N) is 3. The molecule has 28 heavy (non-hydrogen) atoms. The van der Waals surface area contributed by atoms with Crippen molar-refractivity contribution in [2.45, 2.75) is 30.3 Å². The van der Waals surface area contributed by atoms with E-state index < -0.39 is 32.0 Å². The molecule has 0 bridgehead atoms. The molecule has 1 aliphatic rings. The van der Waals surface area contributed by atoms with Gasteiger partial charge in [0.1, 0.15) is 6.04 Å². The minimum Gasteiger partial charge on any atom is -0.305 e. The number of hydrogen-bond acceptors (Lipinski definition) is 6. The number of carbonyl (C=O) groups excluding carboxylic acids is 1. The Hall–Kier alpha value is -2.04. The smallest absolute Gasteiger partial charge is 0.266 e. The number of thiazole rings is 1. The summed E-state index contributed by atoms with van der Waals surface area (Å²) in [5.41, 5.74) is 0.605. The number of rotatable bonds is 4. The van der Waals surface area contributed by atoms with E-state index in [0.29, 0.717) is 23.1 Å². The quantitative estimate of drug-likeness (QED) is 0.657. The fraction of sp³-hybridized carbons (Fsp3) is 0.375. The second-order valence-electron chi connectivity index (χ2n) is 6.33. The van der Waals surface area contributed by atoms with Crippen LogP contribution < -0.4 is 9.94 Å². The molecule has 2 heterocycles. The average Bonchev–Trinajstić information content (AvgIpc) is 3.19. The Labute approximate surface area is 166 Å². The molecule has 2 N–H and O–H groups in total. The number of sulfonamides is 2. The van der Waals surface area contributed by atoms with E-state index in [0.717, 1.165) is 21.9 Å². The molecule has 1 saturated heterocycles. The first-order valence-corrected chi connectivity index (χ1v) is 12.4. The Morgan fingerprint density at radius 3 is 2.71 bits per heavy atom. The summed E-state index contributed by atoms with van der Waals surface area (Å²) in [6, 6.07) is 3.44. The van der Waals surface area contributed by atoms with Crippen LogP contribution in [0.2, 0.25) is 0 Å². The molecule has 150 valence electrons. The van der Waals surface area contributed by atoms with Crippen LogP contribution in [0.3, 0.4) is 0 Å². The Kier molecular flexibility index (Phi) is 5.48. The van der Waals surface area contributed by atoms with E-state index in [2.05, 4.69) is 10.9 Å². The first kappa shape index (κ1) is 20.7. The van der Waals surface area contributed by atoms with Gasteiger partial charge < -0.3 is 4.57 Å². The number of benzene rings is 1. The number of terminal acetylenes is 1. The van der Waals surface area contributed by atoms with Gasteiger partial charge in [-0.05, 0) is 31.0 Å². The van der Waals surface area contributed by atoms with E-state index >= 15 is 0 Å². The summed E-state index contributed by atoms with van der Waals surface area (Å²) in [5.74, 6) is 1.90. The van der Waals surface area contributed by atoms with Gasteiger partial charge >= 0.3 is 0 Å². The molecular formula is C16H18N4O5S3. The molecule has 0 aliphatic carbocycles. The Balaban J connectivity index is 2.12. The van der Waals surface area contributed by atoms with Crippen LogP contribution in [0.4, 0.5) is 0 Å². The van der Waals surface area contributed by atoms with Crippen molar-refractivity contribution < 1.29 is 21.6 Å². The molecule has 1 aromatic carbocycles. The largest absolute Gasteiger partial charge is 0.305 e. The van der Waals surface area contributed by atoms with E-state index in [-0.39, 0.29) is 22.8 Å². The van der Waals surface area contributed by atoms with E-state index in [9.17, 15) is 21.6 Å². The van der Waals surface area contributed by atoms with Crippen LogP contribution in [-0.4, -0.2) is 50.5 Å². The third-order valence-corrected chi connectivity index (χ3v) is 7.59. The molecule has 9 nitrogen and oxygen atoms in total. The maximum atomic E-state index is 12.7. The van der Waals surface area contributed by atoms with Gasteiger partial charge in [-0.2, -0.15) is 9.30 Å². The average molecular weight is 443 g/mol. The molecule has 1 amide bonds. The first-order valence-electron chi connectivity index (χ1n) is 8.17. The molecule has 1 aliphatic heterocycles. The van der Waals surface area contributed by atoms with Crippen molar-refractivity contribution >= 4 is 47.5 Å². The van der Waals surface area contributed by atoms with E-state index in [4.69, 9.17) is 11.6 Å². The van der Waals surface area contributed by atoms with Crippen molar-refractivity contribution in [1.82, 2.24) is 8.87 Å². The number of hydrogen-bond donors (Lipinski definition) is 1. The molecule has 1 fully saturated rings. The molecule has 3 rings (SSSR count). The summed E-state index contributed by atoms with van der Waals surface area (Å²) in [6.45, 7) is 0.389. The van der Waals surface area contributed by atoms with Crippen molar-refractivity contribution in [2.24, 2.45) is 10.1 Å². The Morgan fingerprint density at radius 2 is 2.11 bits per heavy atom. The fourth-order valence-corrected chi connectivity index (χ4v) is 5.92. The predicted molar refractivity (Wildman–Crippen MR) is 105 cm³/mol. The Morgan fingerprint density at radius 1 is 1.39 bits per heavy atom. The molecular weight excluding hydrogens is 424 g/mol. The number of primary sulfonamides is 1. The van der Waals surface area contributed by atoms with Crippen LogP contribution in [0.25, 0.3) is 10.2 Å². The lowest BCUT2D eigenvalue weighted by molar-refractivity contribution is -0.121. The van der Waals surface area contributed by atoms with Crippen molar-refractivity contribution in [1.29, 1.82) is 0 Å². The molecule has 2 aromatic rings. The van der Waals surface area contributed by atoms with Crippen LogP contribution in [0, 0.1) is 12.3 Å². The number of fused-ring (bicyclic) bond motifs is 1. The van der Waals surface area contributed by atoms with Crippen LogP contribution in [0.5, 0.6) is 0 Å². The predicted octanol–water partition coefficient (Wildman–Crippen LogP) is -0.165. The molecule has 1 aromatic heterocycles. The maximum Gasteiger partial charge on any atom is 0.266 e. The lowest BCUT2D eigenvalue weighted by Gasteiger charge is -2.18. The van der Waals surface area contributed by atoms with Crippen LogP contribution in [-0.2, 0) is 31.4 Å². The summed E-state index contributed by atoms with van der Waals surface area (Å²) in [7, 11) is -7.40. The van der Waals surface area contributed by atoms with Gasteiger partial charge in [0.05, 0.1) is 27.9 Å². The minimum absolute atomic E-state index is 0.0639. The number of nitrogens with two attached hydrogens (primary N) is 1. The number of carbonyl (C=O) groups is 1. The Bertz CT molecular complexity index is 1270. The topological polar surface area (TPSA) is 132 Å². The van der Waals surface area contributed by atoms with Gasteiger partial charge in [0.25, 0.3) is 5.91 Å². The highest BCUT2D eigenvalue weighted by Gasteiger charge is 2.36. The highest BCUT2D eigenvalue weighted by atomic mass is 32.2. The normalized spacial score (nSPS) is 19.2. The highest BCUT2D eigenvalue weighted by Crippen LogP contribution is 2.23. The van der Waals surface area contributed by atoms with Crippen LogP contribution in [0.1, 0.15) is 12.8 Å². The summed E-state index contributed by atoms with van der Waals surface area (Å²) >= 11 is 1.08. The molecule has 0 radical (unpaired) electrons. The molecule has 1 atom stereocenters. The maximum absolute atomic E-state index is 12.7. The zero-order valence-corrected chi connectivity index (χ0v) is 17.3. The summed E-state index contributed by atoms with van der Waals surface area (Å²) in [6.07, 6.45) is 7.45. The zero-order chi connectivity index (χ0) is 20.7. The van der Waals surface area contributed by atoms with Crippen molar-refractivity contribution in [3.8, 4) is 12.3 Å². The van der Waals surface area contributed by atoms with Crippen molar-refractivity contribution in [3.05, 3.63) is 23.0 Å². The standard InChI is InChI=1S/C16H18N4O5S3/c1-3-8-19-12-7-6-11(28(17,24)25)10-14(12)26-16(19)18-15(21)13-5-4-9-20(13)27(2,22)23/h1,6-7,10,13H,4-5,8-9H2,2H3,(H2,17,24,25). The van der Waals surface area contributed by atoms with Gasteiger partial charge in [-0.1, -0.05) is 17.3 Å². The molecule has 0 saturated carbocycles. The lowest BCUT2D eigenvalue weighted by Crippen LogP contribution is -2.39. The van der Waals surface area contributed by atoms with E-state index in [1.54, 1.807) is 10.6 Å². The third-order valence-electron chi connectivity index (χ3n) is 4.35. The fourth-order valence-electron chi connectivity index (χ4n) is 3.11. The van der Waals surface area contributed by atoms with Gasteiger partial charge in [-0.3, -0.25) is 4.79 Å². The van der Waals surface area contributed by atoms with Gasteiger partial charge in [0.2, 0.25) is 20.0 Å². The van der Waals surface area contributed by atoms with Crippen LogP contribution in [0.15, 0.2) is 28.1 Å². The van der Waals surface area contributed by atoms with Gasteiger partial charge in [-0.15, -0.1) is 6.42 Å². The third kappa shape index (κ3) is 4.03. The zero-order valence-electron chi connectivity index (χ0n) is 14.9. The number of aromatic nitrogens is 1. The van der Waals surface area contributed by atoms with Crippen LogP contribution >= 0.6 is 11.3 Å². The summed E-state index contributed by atoms with van der Waals surface area (Å²) in [5, 5.41) is 5.17. The second-order valence-corrected chi connectivity index (χ2v) is 10.8. The minimum atomic E-state index is -3.88. The lowest BCUT2D eigenvalue weighted by atomic mass is 10.2. The summed E-state index contributed by atoms with van der Waals surface area (Å²) < 4.78 is 50.2.